The second-order valence-corrected chi connectivity index (χ2v) is 20.6. The van der Waals surface area contributed by atoms with Crippen molar-refractivity contribution < 1.29 is 32.4 Å². The number of nitrogens with one attached hydrogen (secondary N) is 4. The van der Waals surface area contributed by atoms with Gasteiger partial charge in [0.25, 0.3) is 5.91 Å². The van der Waals surface area contributed by atoms with Crippen molar-refractivity contribution in [2.24, 2.45) is 16.7 Å². The number of likely N-dealkylation sites (tertiary alicyclic amines) is 1. The summed E-state index contributed by atoms with van der Waals surface area (Å²) in [5.41, 5.74) is -2.10. The molecule has 0 spiro atoms. The molecule has 2 saturated carbocycles. The van der Waals surface area contributed by atoms with Gasteiger partial charge in [0.05, 0.1) is 22.1 Å². The fourth-order valence-corrected chi connectivity index (χ4v) is 8.59. The topological polar surface area (TPSA) is 171 Å². The summed E-state index contributed by atoms with van der Waals surface area (Å²) < 4.78 is 25.6. The molecular formula is C36H63N5O7S. The molecule has 1 unspecified atom stereocenters. The highest BCUT2D eigenvalue weighted by Crippen LogP contribution is 2.40. The second kappa shape index (κ2) is 15.3. The van der Waals surface area contributed by atoms with Crippen LogP contribution in [-0.4, -0.2) is 89.6 Å². The van der Waals surface area contributed by atoms with Gasteiger partial charge in [0.1, 0.15) is 12.1 Å². The van der Waals surface area contributed by atoms with Crippen LogP contribution in [-0.2, 0) is 29.0 Å². The molecule has 0 radical (unpaired) electrons. The van der Waals surface area contributed by atoms with Crippen LogP contribution in [0.2, 0.25) is 0 Å². The Bertz CT molecular complexity index is 1350. The molecule has 1 saturated heterocycles. The molecule has 1 heterocycles. The fraction of sp³-hybridized carbons (Fsp3) is 0.861. The van der Waals surface area contributed by atoms with E-state index in [0.29, 0.717) is 25.7 Å². The molecule has 12 nitrogen and oxygen atoms in total. The van der Waals surface area contributed by atoms with Crippen molar-refractivity contribution in [3.8, 4) is 0 Å². The molecule has 3 aliphatic rings. The molecule has 4 N–H and O–H groups in total. The molecule has 2 aliphatic carbocycles. The van der Waals surface area contributed by atoms with E-state index in [4.69, 9.17) is 0 Å². The average Bonchev–Trinajstić information content (AvgIpc) is 3.65. The van der Waals surface area contributed by atoms with E-state index in [1.54, 1.807) is 20.8 Å². The lowest BCUT2D eigenvalue weighted by Gasteiger charge is -2.41. The fourth-order valence-electron chi connectivity index (χ4n) is 7.06. The smallest absolute Gasteiger partial charge is 0.315 e. The van der Waals surface area contributed by atoms with Crippen LogP contribution < -0.4 is 21.3 Å². The molecule has 1 aliphatic heterocycles. The Morgan fingerprint density at radius 3 is 1.94 bits per heavy atom. The Morgan fingerprint density at radius 1 is 0.857 bits per heavy atom. The third kappa shape index (κ3) is 10.4. The van der Waals surface area contributed by atoms with E-state index in [0.717, 1.165) is 32.1 Å². The lowest BCUT2D eigenvalue weighted by molar-refractivity contribution is -0.145. The molecule has 3 rings (SSSR count). The number of hydrogen-bond donors (Lipinski definition) is 4. The number of urea groups is 1. The van der Waals surface area contributed by atoms with E-state index in [1.165, 1.54) is 4.90 Å². The van der Waals surface area contributed by atoms with E-state index in [9.17, 15) is 32.4 Å². The Kier molecular flexibility index (Phi) is 12.7. The van der Waals surface area contributed by atoms with Crippen molar-refractivity contribution >= 4 is 39.4 Å². The van der Waals surface area contributed by atoms with Crippen molar-refractivity contribution in [2.45, 2.75) is 168 Å². The number of carbonyl (C=O) groups is 5. The molecule has 49 heavy (non-hydrogen) atoms. The van der Waals surface area contributed by atoms with Crippen molar-refractivity contribution in [3.63, 3.8) is 0 Å². The number of Topliss-reactive ketones (excluding diaryl/α,β-unsaturated/α-hetero) is 1. The molecule has 0 bridgehead atoms. The molecule has 0 aromatic carbocycles. The first kappa shape index (κ1) is 40.7. The van der Waals surface area contributed by atoms with Crippen LogP contribution in [0.3, 0.4) is 0 Å². The van der Waals surface area contributed by atoms with Gasteiger partial charge in [-0.3, -0.25) is 19.2 Å². The molecule has 4 atom stereocenters. The minimum Gasteiger partial charge on any atom is -0.347 e. The average molecular weight is 710 g/mol. The summed E-state index contributed by atoms with van der Waals surface area (Å²) >= 11 is 0. The van der Waals surface area contributed by atoms with Crippen LogP contribution in [0, 0.1) is 16.7 Å². The monoisotopic (exact) mass is 709 g/mol. The van der Waals surface area contributed by atoms with Gasteiger partial charge in [-0.1, -0.05) is 74.1 Å². The third-order valence-corrected chi connectivity index (χ3v) is 13.2. The Balaban J connectivity index is 1.88. The largest absolute Gasteiger partial charge is 0.347 e. The Hall–Kier alpha value is -2.70. The minimum absolute atomic E-state index is 0.00226. The maximum Gasteiger partial charge on any atom is 0.315 e. The van der Waals surface area contributed by atoms with Gasteiger partial charge in [0.15, 0.2) is 9.84 Å². The summed E-state index contributed by atoms with van der Waals surface area (Å²) in [6, 6.07) is -3.62. The summed E-state index contributed by atoms with van der Waals surface area (Å²) in [6.07, 6.45) is 6.58. The highest BCUT2D eigenvalue weighted by atomic mass is 32.2. The van der Waals surface area contributed by atoms with Gasteiger partial charge in [-0.2, -0.15) is 0 Å². The lowest BCUT2D eigenvalue weighted by atomic mass is 9.75. The minimum atomic E-state index is -3.56. The number of rotatable bonds is 12. The molecule has 13 heteroatoms. The van der Waals surface area contributed by atoms with Crippen molar-refractivity contribution in [1.82, 2.24) is 26.2 Å². The summed E-state index contributed by atoms with van der Waals surface area (Å²) in [6.45, 7) is 18.6. The van der Waals surface area contributed by atoms with Crippen molar-refractivity contribution in [1.29, 1.82) is 0 Å². The number of nitrogens with zero attached hydrogens (tertiary/aromatic N) is 1. The summed E-state index contributed by atoms with van der Waals surface area (Å²) in [7, 11) is -3.56. The lowest BCUT2D eigenvalue weighted by Crippen LogP contribution is -2.64. The zero-order valence-electron chi connectivity index (χ0n) is 31.6. The van der Waals surface area contributed by atoms with Gasteiger partial charge in [-0.05, 0) is 76.0 Å². The predicted molar refractivity (Wildman–Crippen MR) is 190 cm³/mol. The van der Waals surface area contributed by atoms with Crippen LogP contribution in [0.1, 0.15) is 133 Å². The van der Waals surface area contributed by atoms with Gasteiger partial charge in [-0.15, -0.1) is 0 Å². The summed E-state index contributed by atoms with van der Waals surface area (Å²) in [5, 5.41) is 11.4. The second-order valence-electron chi connectivity index (χ2n) is 17.8. The maximum absolute atomic E-state index is 14.5. The van der Waals surface area contributed by atoms with Crippen molar-refractivity contribution in [2.75, 3.05) is 12.3 Å². The van der Waals surface area contributed by atoms with Gasteiger partial charge < -0.3 is 26.2 Å². The van der Waals surface area contributed by atoms with Gasteiger partial charge in [0.2, 0.25) is 17.6 Å². The number of amides is 5. The van der Waals surface area contributed by atoms with Crippen molar-refractivity contribution in [3.05, 3.63) is 0 Å². The quantitative estimate of drug-likeness (QED) is 0.222. The first-order valence-electron chi connectivity index (χ1n) is 18.2. The van der Waals surface area contributed by atoms with Gasteiger partial charge >= 0.3 is 6.03 Å². The summed E-state index contributed by atoms with van der Waals surface area (Å²) in [5.74, 6) is -2.77. The van der Waals surface area contributed by atoms with Gasteiger partial charge in [-0.25, -0.2) is 13.2 Å². The molecular weight excluding hydrogens is 646 g/mol. The van der Waals surface area contributed by atoms with E-state index in [1.807, 2.05) is 48.5 Å². The van der Waals surface area contributed by atoms with E-state index < -0.39 is 73.2 Å². The van der Waals surface area contributed by atoms with Crippen LogP contribution in [0.25, 0.3) is 0 Å². The molecule has 3 fully saturated rings. The highest BCUT2D eigenvalue weighted by molar-refractivity contribution is 7.92. The highest BCUT2D eigenvalue weighted by Gasteiger charge is 2.51. The van der Waals surface area contributed by atoms with Crippen LogP contribution in [0.4, 0.5) is 4.79 Å². The molecule has 0 aromatic heterocycles. The SMILES string of the molecule is CCC[C@H](NC(=O)[C@@H]1C(C(C)(C)C)CCN1C(=O)[C@@H](NC(=O)NC1(CS(=O)(=O)C(C)(C)C)CCCCC1)C(C)(C)C)C(=O)C(=O)NC1CC1. The number of ketones is 1. The Labute approximate surface area is 294 Å². The van der Waals surface area contributed by atoms with E-state index >= 15 is 0 Å². The first-order valence-corrected chi connectivity index (χ1v) is 19.8. The van der Waals surface area contributed by atoms with Crippen LogP contribution >= 0.6 is 0 Å². The summed E-state index contributed by atoms with van der Waals surface area (Å²) in [4.78, 5) is 69.7. The number of hydrogen-bond acceptors (Lipinski definition) is 7. The van der Waals surface area contributed by atoms with Gasteiger partial charge in [0, 0.05) is 12.6 Å². The standard InChI is InChI=1S/C36H63N5O7S/c1-11-15-25(27(42)30(44)37-23-16-17-23)38-29(43)26-24(33(2,3)4)18-21-41(26)31(45)28(34(5,6)7)39-32(46)40-36(19-13-12-14-20-36)22-49(47,48)35(8,9)10/h23-26,28H,11-22H2,1-10H3,(H,37,44)(H,38,43)(H2,39,40,46)/t24?,25-,26-,28+/m0/s1. The normalized spacial score (nSPS) is 22.9. The van der Waals surface area contributed by atoms with Crippen LogP contribution in [0.5, 0.6) is 0 Å². The zero-order valence-corrected chi connectivity index (χ0v) is 32.4. The third-order valence-electron chi connectivity index (χ3n) is 10.4. The maximum atomic E-state index is 14.5. The van der Waals surface area contributed by atoms with E-state index in [-0.39, 0.29) is 36.1 Å². The number of sulfone groups is 1. The predicted octanol–water partition coefficient (Wildman–Crippen LogP) is 4.01. The Morgan fingerprint density at radius 2 is 1.45 bits per heavy atom. The molecule has 5 amide bonds. The molecule has 0 aromatic rings. The number of carbonyl (C=O) groups excluding carboxylic acids is 5. The van der Waals surface area contributed by atoms with Crippen LogP contribution in [0.15, 0.2) is 0 Å². The molecule has 280 valence electrons. The van der Waals surface area contributed by atoms with E-state index in [2.05, 4.69) is 21.3 Å². The zero-order chi connectivity index (χ0) is 37.2. The first-order chi connectivity index (χ1) is 22.4.